The molecule has 3 nitrogen and oxygen atoms in total. The fraction of sp³-hybridized carbons (Fsp3) is 0.588. The molecule has 21 heavy (non-hydrogen) atoms. The molecule has 0 aliphatic rings. The summed E-state index contributed by atoms with van der Waals surface area (Å²) in [7, 11) is 0. The van der Waals surface area contributed by atoms with Crippen molar-refractivity contribution in [1.82, 2.24) is 0 Å². The van der Waals surface area contributed by atoms with Crippen molar-refractivity contribution in [3.63, 3.8) is 0 Å². The molecule has 0 amide bonds. The zero-order chi connectivity index (χ0) is 16.6. The number of carboxylic acids is 1. The van der Waals surface area contributed by atoms with E-state index in [1.54, 1.807) is 0 Å². The van der Waals surface area contributed by atoms with Crippen LogP contribution in [0.5, 0.6) is 5.75 Å². The van der Waals surface area contributed by atoms with Crippen LogP contribution in [0.4, 0.5) is 0 Å². The average Bonchev–Trinajstić information content (AvgIpc) is 2.27. The van der Waals surface area contributed by atoms with Crippen molar-refractivity contribution in [3.8, 4) is 5.75 Å². The third-order valence-corrected chi connectivity index (χ3v) is 3.90. The molecule has 0 saturated carbocycles. The van der Waals surface area contributed by atoms with Gasteiger partial charge in [-0.2, -0.15) is 12.6 Å². The van der Waals surface area contributed by atoms with Gasteiger partial charge in [0.05, 0.1) is 0 Å². The van der Waals surface area contributed by atoms with Crippen LogP contribution >= 0.6 is 12.6 Å². The van der Waals surface area contributed by atoms with E-state index in [1.807, 2.05) is 53.7 Å². The molecule has 2 N–H and O–H groups in total. The first-order valence-electron chi connectivity index (χ1n) is 7.11. The van der Waals surface area contributed by atoms with Gasteiger partial charge in [-0.1, -0.05) is 53.7 Å². The molecular formula is C17H26O3S. The van der Waals surface area contributed by atoms with E-state index in [2.05, 4.69) is 12.6 Å². The number of thiol groups is 1. The minimum absolute atomic E-state index is 0.213. The first-order valence-corrected chi connectivity index (χ1v) is 7.63. The van der Waals surface area contributed by atoms with Crippen LogP contribution in [0, 0.1) is 0 Å². The number of phenols is 1. The topological polar surface area (TPSA) is 57.5 Å². The van der Waals surface area contributed by atoms with Crippen molar-refractivity contribution < 1.29 is 15.0 Å². The number of aliphatic carboxylic acids is 1. The van der Waals surface area contributed by atoms with Gasteiger partial charge >= 0.3 is 5.97 Å². The Labute approximate surface area is 132 Å². The zero-order valence-corrected chi connectivity index (χ0v) is 14.6. The van der Waals surface area contributed by atoms with Gasteiger partial charge in [0, 0.05) is 0 Å². The second-order valence-electron chi connectivity index (χ2n) is 7.60. The van der Waals surface area contributed by atoms with E-state index in [0.29, 0.717) is 12.2 Å². The molecule has 4 heteroatoms. The SMILES string of the molecule is CC(C)(C)c1cc(CC(S)C(=O)O)cc(C(C)(C)C)c1O. The van der Waals surface area contributed by atoms with Gasteiger partial charge in [0.2, 0.25) is 0 Å². The minimum atomic E-state index is -0.930. The number of phenolic OH excluding ortho intramolecular Hbond substituents is 1. The first-order chi connectivity index (χ1) is 9.34. The number of rotatable bonds is 3. The van der Waals surface area contributed by atoms with E-state index in [4.69, 9.17) is 5.11 Å². The van der Waals surface area contributed by atoms with Crippen molar-refractivity contribution in [2.24, 2.45) is 0 Å². The van der Waals surface area contributed by atoms with E-state index in [1.165, 1.54) is 0 Å². The van der Waals surface area contributed by atoms with Crippen LogP contribution < -0.4 is 0 Å². The Kier molecular flexibility index (Phi) is 5.04. The van der Waals surface area contributed by atoms with E-state index >= 15 is 0 Å². The Hall–Kier alpha value is -1.16. The normalized spacial score (nSPS) is 14.0. The lowest BCUT2D eigenvalue weighted by molar-refractivity contribution is -0.136. The van der Waals surface area contributed by atoms with Crippen LogP contribution in [0.3, 0.4) is 0 Å². The molecule has 1 atom stereocenters. The van der Waals surface area contributed by atoms with Crippen LogP contribution in [-0.2, 0) is 22.0 Å². The highest BCUT2D eigenvalue weighted by Gasteiger charge is 2.27. The first kappa shape index (κ1) is 17.9. The van der Waals surface area contributed by atoms with Crippen molar-refractivity contribution in [2.45, 2.75) is 64.0 Å². The molecule has 118 valence electrons. The molecule has 0 aromatic heterocycles. The Morgan fingerprint density at radius 3 is 1.76 bits per heavy atom. The summed E-state index contributed by atoms with van der Waals surface area (Å²) in [5, 5.41) is 18.9. The Bertz CT molecular complexity index is 501. The summed E-state index contributed by atoms with van der Waals surface area (Å²) in [4.78, 5) is 11.0. The molecule has 1 aromatic rings. The van der Waals surface area contributed by atoms with Crippen molar-refractivity contribution >= 4 is 18.6 Å². The lowest BCUT2D eigenvalue weighted by atomic mass is 9.78. The summed E-state index contributed by atoms with van der Waals surface area (Å²) in [6.45, 7) is 12.2. The molecule has 1 rings (SSSR count). The molecule has 0 radical (unpaired) electrons. The number of benzene rings is 1. The van der Waals surface area contributed by atoms with E-state index < -0.39 is 11.2 Å². The standard InChI is InChI=1S/C17H26O3S/c1-16(2,3)11-7-10(9-13(21)15(19)20)8-12(14(11)18)17(4,5)6/h7-8,13,18,21H,9H2,1-6H3,(H,19,20). The van der Waals surface area contributed by atoms with Crippen molar-refractivity contribution in [1.29, 1.82) is 0 Å². The molecule has 1 aromatic carbocycles. The van der Waals surface area contributed by atoms with Crippen LogP contribution in [0.1, 0.15) is 58.2 Å². The van der Waals surface area contributed by atoms with Crippen LogP contribution in [0.2, 0.25) is 0 Å². The largest absolute Gasteiger partial charge is 0.507 e. The van der Waals surface area contributed by atoms with Crippen LogP contribution in [-0.4, -0.2) is 21.4 Å². The fourth-order valence-electron chi connectivity index (χ4n) is 2.27. The second kappa shape index (κ2) is 5.91. The maximum Gasteiger partial charge on any atom is 0.316 e. The lowest BCUT2D eigenvalue weighted by Gasteiger charge is -2.28. The summed E-state index contributed by atoms with van der Waals surface area (Å²) in [6.07, 6.45) is 0.338. The highest BCUT2D eigenvalue weighted by Crippen LogP contribution is 2.40. The highest BCUT2D eigenvalue weighted by molar-refractivity contribution is 7.81. The summed E-state index contributed by atoms with van der Waals surface area (Å²) in [6, 6.07) is 3.80. The van der Waals surface area contributed by atoms with Gasteiger partial charge in [-0.15, -0.1) is 0 Å². The summed E-state index contributed by atoms with van der Waals surface area (Å²) in [5.41, 5.74) is 2.15. The third kappa shape index (κ3) is 4.40. The molecule has 0 saturated heterocycles. The van der Waals surface area contributed by atoms with Gasteiger partial charge in [0.15, 0.2) is 0 Å². The Balaban J connectivity index is 3.44. The number of carbonyl (C=O) groups is 1. The average molecular weight is 310 g/mol. The van der Waals surface area contributed by atoms with E-state index in [-0.39, 0.29) is 10.8 Å². The maximum atomic E-state index is 11.0. The summed E-state index contributed by atoms with van der Waals surface area (Å²) in [5.74, 6) is -0.620. The van der Waals surface area contributed by atoms with Gasteiger partial charge < -0.3 is 10.2 Å². The van der Waals surface area contributed by atoms with Gasteiger partial charge in [0.1, 0.15) is 11.0 Å². The Morgan fingerprint density at radius 2 is 1.48 bits per heavy atom. The predicted octanol–water partition coefficient (Wildman–Crippen LogP) is 3.91. The molecule has 0 aliphatic heterocycles. The number of carboxylic acid groups (broad SMARTS) is 1. The van der Waals surface area contributed by atoms with Gasteiger partial charge in [-0.25, -0.2) is 0 Å². The van der Waals surface area contributed by atoms with Gasteiger partial charge in [-0.3, -0.25) is 4.79 Å². The fourth-order valence-corrected chi connectivity index (χ4v) is 2.48. The Morgan fingerprint density at radius 1 is 1.10 bits per heavy atom. The monoisotopic (exact) mass is 310 g/mol. The molecule has 0 bridgehead atoms. The number of hydrogen-bond acceptors (Lipinski definition) is 3. The number of aromatic hydroxyl groups is 1. The van der Waals surface area contributed by atoms with E-state index in [9.17, 15) is 9.90 Å². The molecule has 0 aliphatic carbocycles. The molecular weight excluding hydrogens is 284 g/mol. The van der Waals surface area contributed by atoms with Crippen molar-refractivity contribution in [2.75, 3.05) is 0 Å². The highest BCUT2D eigenvalue weighted by atomic mass is 32.1. The predicted molar refractivity (Wildman–Crippen MR) is 89.6 cm³/mol. The maximum absolute atomic E-state index is 11.0. The zero-order valence-electron chi connectivity index (χ0n) is 13.7. The van der Waals surface area contributed by atoms with Gasteiger partial charge in [0.25, 0.3) is 0 Å². The minimum Gasteiger partial charge on any atom is -0.507 e. The number of hydrogen-bond donors (Lipinski definition) is 3. The summed E-state index contributed by atoms with van der Waals surface area (Å²) < 4.78 is 0. The smallest absolute Gasteiger partial charge is 0.316 e. The van der Waals surface area contributed by atoms with Crippen LogP contribution in [0.25, 0.3) is 0 Å². The third-order valence-electron chi connectivity index (χ3n) is 3.50. The molecule has 1 unspecified atom stereocenters. The van der Waals surface area contributed by atoms with Gasteiger partial charge in [-0.05, 0) is 33.9 Å². The van der Waals surface area contributed by atoms with Crippen molar-refractivity contribution in [3.05, 3.63) is 28.8 Å². The van der Waals surface area contributed by atoms with E-state index in [0.717, 1.165) is 16.7 Å². The lowest BCUT2D eigenvalue weighted by Crippen LogP contribution is -2.20. The quantitative estimate of drug-likeness (QED) is 0.742. The molecule has 0 heterocycles. The second-order valence-corrected chi connectivity index (χ2v) is 8.22. The van der Waals surface area contributed by atoms with Crippen LogP contribution in [0.15, 0.2) is 12.1 Å². The summed E-state index contributed by atoms with van der Waals surface area (Å²) >= 11 is 4.11. The molecule has 0 spiro atoms. The molecule has 0 fully saturated rings.